The largest absolute Gasteiger partial charge is 0.497 e. The van der Waals surface area contributed by atoms with Crippen LogP contribution in [0.5, 0.6) is 11.5 Å². The van der Waals surface area contributed by atoms with Crippen LogP contribution in [0.25, 0.3) is 21.9 Å². The normalized spacial score (nSPS) is 12.0. The number of hydrogen-bond donors (Lipinski definition) is 0. The standard InChI is InChI=1S/C18H21O4P/c1-18(2,3)17-15(20-5)9-8-14-16(17)12-10-11(19-4)6-7-13(12)21-23-22-14/h6-10,23H,1-5H3. The number of benzene rings is 2. The summed E-state index contributed by atoms with van der Waals surface area (Å²) < 4.78 is 22.6. The van der Waals surface area contributed by atoms with E-state index in [1.807, 2.05) is 30.3 Å². The lowest BCUT2D eigenvalue weighted by Gasteiger charge is -2.23. The molecule has 1 atom stereocenters. The van der Waals surface area contributed by atoms with E-state index >= 15 is 0 Å². The summed E-state index contributed by atoms with van der Waals surface area (Å²) in [5.74, 6) is 1.63. The predicted molar refractivity (Wildman–Crippen MR) is 94.9 cm³/mol. The molecule has 0 spiro atoms. The summed E-state index contributed by atoms with van der Waals surface area (Å²) in [7, 11) is 3.28. The highest BCUT2D eigenvalue weighted by molar-refractivity contribution is 7.15. The van der Waals surface area contributed by atoms with E-state index in [9.17, 15) is 0 Å². The summed E-state index contributed by atoms with van der Waals surface area (Å²) in [5.41, 5.74) is 2.58. The number of rotatable bonds is 2. The van der Waals surface area contributed by atoms with Gasteiger partial charge in [-0.05, 0) is 35.7 Å². The van der Waals surface area contributed by atoms with Gasteiger partial charge in [-0.25, -0.2) is 0 Å². The average molecular weight is 332 g/mol. The third-order valence-electron chi connectivity index (χ3n) is 3.86. The zero-order chi connectivity index (χ0) is 16.6. The minimum Gasteiger partial charge on any atom is -0.497 e. The Balaban J connectivity index is 2.61. The van der Waals surface area contributed by atoms with E-state index in [2.05, 4.69) is 20.8 Å². The predicted octanol–water partition coefficient (Wildman–Crippen LogP) is 5.65. The van der Waals surface area contributed by atoms with Crippen LogP contribution in [0.1, 0.15) is 26.3 Å². The summed E-state index contributed by atoms with van der Waals surface area (Å²) in [6.07, 6.45) is 0. The first kappa shape index (κ1) is 15.8. The Morgan fingerprint density at radius 3 is 2.26 bits per heavy atom. The lowest BCUT2D eigenvalue weighted by Crippen LogP contribution is -2.13. The summed E-state index contributed by atoms with van der Waals surface area (Å²) >= 11 is 0. The maximum Gasteiger partial charge on any atom is 0.201 e. The molecule has 122 valence electrons. The molecule has 2 aromatic carbocycles. The van der Waals surface area contributed by atoms with E-state index < -0.39 is 0 Å². The van der Waals surface area contributed by atoms with Gasteiger partial charge in [0.05, 0.1) is 14.2 Å². The van der Waals surface area contributed by atoms with Crippen molar-refractivity contribution in [3.63, 3.8) is 0 Å². The molecule has 0 saturated heterocycles. The number of ether oxygens (including phenoxy) is 2. The minimum atomic E-state index is -0.117. The second-order valence-corrected chi connectivity index (χ2v) is 6.99. The van der Waals surface area contributed by atoms with E-state index in [-0.39, 0.29) is 14.1 Å². The number of methoxy groups -OCH3 is 2. The molecule has 4 nitrogen and oxygen atoms in total. The van der Waals surface area contributed by atoms with E-state index in [0.717, 1.165) is 39.0 Å². The summed E-state index contributed by atoms with van der Waals surface area (Å²) in [4.78, 5) is 0. The Bertz CT molecular complexity index is 891. The smallest absolute Gasteiger partial charge is 0.201 e. The Kier molecular flexibility index (Phi) is 4.03. The lowest BCUT2D eigenvalue weighted by atomic mass is 9.83. The molecular formula is C18H21O4P. The summed E-state index contributed by atoms with van der Waals surface area (Å²) in [6.45, 7) is 6.50. The second-order valence-electron chi connectivity index (χ2n) is 6.42. The van der Waals surface area contributed by atoms with Crippen molar-refractivity contribution in [2.24, 2.45) is 0 Å². The van der Waals surface area contributed by atoms with E-state index in [1.165, 1.54) is 0 Å². The fourth-order valence-electron chi connectivity index (χ4n) is 2.86. The van der Waals surface area contributed by atoms with Gasteiger partial charge in [0, 0.05) is 16.3 Å². The molecule has 0 aliphatic rings. The Morgan fingerprint density at radius 2 is 1.61 bits per heavy atom. The monoisotopic (exact) mass is 332 g/mol. The van der Waals surface area contributed by atoms with Gasteiger partial charge in [0.15, 0.2) is 0 Å². The first-order chi connectivity index (χ1) is 11.0. The van der Waals surface area contributed by atoms with Gasteiger partial charge in [0.1, 0.15) is 22.7 Å². The van der Waals surface area contributed by atoms with Crippen molar-refractivity contribution < 1.29 is 17.9 Å². The molecule has 0 radical (unpaired) electrons. The third-order valence-corrected chi connectivity index (χ3v) is 4.46. The van der Waals surface area contributed by atoms with Crippen molar-refractivity contribution in [3.8, 4) is 11.5 Å². The molecule has 0 saturated carbocycles. The molecule has 23 heavy (non-hydrogen) atoms. The molecule has 0 bridgehead atoms. The van der Waals surface area contributed by atoms with Crippen molar-refractivity contribution in [1.29, 1.82) is 0 Å². The van der Waals surface area contributed by atoms with Crippen LogP contribution in [0, 0.1) is 0 Å². The third kappa shape index (κ3) is 2.79. The molecule has 5 heteroatoms. The van der Waals surface area contributed by atoms with Gasteiger partial charge in [-0.3, -0.25) is 0 Å². The fraction of sp³-hybridized carbons (Fsp3) is 0.333. The van der Waals surface area contributed by atoms with Crippen molar-refractivity contribution in [1.82, 2.24) is 0 Å². The van der Waals surface area contributed by atoms with Gasteiger partial charge < -0.3 is 17.9 Å². The first-order valence-electron chi connectivity index (χ1n) is 7.44. The summed E-state index contributed by atoms with van der Waals surface area (Å²) in [5, 5.41) is 1.98. The molecule has 3 aromatic rings. The zero-order valence-electron chi connectivity index (χ0n) is 14.0. The average Bonchev–Trinajstić information content (AvgIpc) is 2.71. The van der Waals surface area contributed by atoms with Crippen LogP contribution in [-0.2, 0) is 5.41 Å². The molecule has 0 aliphatic heterocycles. The zero-order valence-corrected chi connectivity index (χ0v) is 15.0. The van der Waals surface area contributed by atoms with Gasteiger partial charge in [-0.2, -0.15) is 0 Å². The molecular weight excluding hydrogens is 311 g/mol. The van der Waals surface area contributed by atoms with Crippen LogP contribution >= 0.6 is 8.67 Å². The topological polar surface area (TPSA) is 44.7 Å². The molecule has 0 fully saturated rings. The molecule has 1 aromatic heterocycles. The van der Waals surface area contributed by atoms with Crippen molar-refractivity contribution >= 4 is 30.6 Å². The van der Waals surface area contributed by atoms with Gasteiger partial charge in [0.25, 0.3) is 0 Å². The van der Waals surface area contributed by atoms with Crippen LogP contribution in [0.2, 0.25) is 0 Å². The van der Waals surface area contributed by atoms with Crippen molar-refractivity contribution in [2.75, 3.05) is 14.2 Å². The fourth-order valence-corrected chi connectivity index (χ4v) is 3.43. The van der Waals surface area contributed by atoms with Crippen molar-refractivity contribution in [3.05, 3.63) is 35.9 Å². The maximum atomic E-state index is 5.85. The highest BCUT2D eigenvalue weighted by atomic mass is 31.1. The van der Waals surface area contributed by atoms with Crippen LogP contribution in [0.3, 0.4) is 0 Å². The molecule has 1 heterocycles. The molecule has 1 unspecified atom stereocenters. The summed E-state index contributed by atoms with van der Waals surface area (Å²) in [6, 6.07) is 9.70. The first-order valence-corrected chi connectivity index (χ1v) is 8.26. The van der Waals surface area contributed by atoms with Gasteiger partial charge in [0.2, 0.25) is 8.67 Å². The Labute approximate surface area is 137 Å². The van der Waals surface area contributed by atoms with Crippen molar-refractivity contribution in [2.45, 2.75) is 26.2 Å². The molecule has 3 rings (SSSR count). The minimum absolute atomic E-state index is 0.0782. The molecule has 0 aliphatic carbocycles. The second kappa shape index (κ2) is 5.86. The molecule has 0 amide bonds. The van der Waals surface area contributed by atoms with E-state index in [4.69, 9.17) is 17.9 Å². The van der Waals surface area contributed by atoms with Gasteiger partial charge in [-0.1, -0.05) is 20.8 Å². The lowest BCUT2D eigenvalue weighted by molar-refractivity contribution is 0.399. The highest BCUT2D eigenvalue weighted by Gasteiger charge is 2.24. The van der Waals surface area contributed by atoms with E-state index in [0.29, 0.717) is 0 Å². The number of hydrogen-bond acceptors (Lipinski definition) is 4. The molecule has 0 N–H and O–H groups in total. The van der Waals surface area contributed by atoms with Crippen LogP contribution < -0.4 is 9.47 Å². The van der Waals surface area contributed by atoms with Gasteiger partial charge in [-0.15, -0.1) is 0 Å². The Morgan fingerprint density at radius 1 is 0.913 bits per heavy atom. The maximum absolute atomic E-state index is 5.85. The van der Waals surface area contributed by atoms with Gasteiger partial charge >= 0.3 is 0 Å². The number of fused-ring (bicyclic) bond motifs is 3. The SMILES string of the molecule is COc1ccc2o[pH]oc3ccc(OC)c(C(C)(C)C)c3c2c1. The quantitative estimate of drug-likeness (QED) is 0.608. The van der Waals surface area contributed by atoms with Crippen LogP contribution in [0.4, 0.5) is 0 Å². The Hall–Kier alpha value is -2.06. The van der Waals surface area contributed by atoms with Crippen LogP contribution in [-0.4, -0.2) is 14.2 Å². The van der Waals surface area contributed by atoms with Crippen LogP contribution in [0.15, 0.2) is 38.7 Å². The highest BCUT2D eigenvalue weighted by Crippen LogP contribution is 2.41. The van der Waals surface area contributed by atoms with E-state index in [1.54, 1.807) is 14.2 Å².